The smallest absolute Gasteiger partial charge is 0.336 e. The van der Waals surface area contributed by atoms with E-state index in [0.29, 0.717) is 17.7 Å². The summed E-state index contributed by atoms with van der Waals surface area (Å²) in [6, 6.07) is 13.1. The number of hydrogen-bond acceptors (Lipinski definition) is 3. The monoisotopic (exact) mass is 270 g/mol. The molecule has 1 aromatic heterocycles. The molecular formula is C17H18O3. The molecule has 2 aromatic rings. The average Bonchev–Trinajstić information content (AvgIpc) is 2.43. The summed E-state index contributed by atoms with van der Waals surface area (Å²) in [6.07, 6.45) is 3.24. The average molecular weight is 270 g/mol. The topological polar surface area (TPSA) is 47.3 Å². The van der Waals surface area contributed by atoms with Gasteiger partial charge in [-0.15, -0.1) is 0 Å². The zero-order valence-corrected chi connectivity index (χ0v) is 11.6. The van der Waals surface area contributed by atoms with E-state index in [0.717, 1.165) is 19.3 Å². The first-order valence-corrected chi connectivity index (χ1v) is 6.84. The molecule has 2 rings (SSSR count). The number of benzene rings is 1. The molecule has 1 heterocycles. The van der Waals surface area contributed by atoms with Crippen molar-refractivity contribution in [1.82, 2.24) is 0 Å². The van der Waals surface area contributed by atoms with Gasteiger partial charge in [-0.1, -0.05) is 30.3 Å². The van der Waals surface area contributed by atoms with Gasteiger partial charge in [-0.05, 0) is 37.8 Å². The van der Waals surface area contributed by atoms with Gasteiger partial charge in [0, 0.05) is 18.1 Å². The van der Waals surface area contributed by atoms with E-state index in [1.54, 1.807) is 13.0 Å². The van der Waals surface area contributed by atoms with Gasteiger partial charge in [-0.2, -0.15) is 0 Å². The van der Waals surface area contributed by atoms with Gasteiger partial charge in [-0.25, -0.2) is 4.79 Å². The fourth-order valence-electron chi connectivity index (χ4n) is 2.17. The number of carbonyl (C=O) groups is 1. The van der Waals surface area contributed by atoms with Gasteiger partial charge < -0.3 is 4.42 Å². The second kappa shape index (κ2) is 6.85. The van der Waals surface area contributed by atoms with Crippen LogP contribution >= 0.6 is 0 Å². The molecule has 3 heteroatoms. The molecule has 0 N–H and O–H groups in total. The van der Waals surface area contributed by atoms with Crippen LogP contribution in [0.1, 0.15) is 40.9 Å². The van der Waals surface area contributed by atoms with Crippen LogP contribution in [0.2, 0.25) is 0 Å². The van der Waals surface area contributed by atoms with Crippen LogP contribution in [-0.2, 0) is 6.42 Å². The van der Waals surface area contributed by atoms with Crippen LogP contribution < -0.4 is 5.63 Å². The highest BCUT2D eigenvalue weighted by Crippen LogP contribution is 2.10. The molecule has 0 saturated carbocycles. The lowest BCUT2D eigenvalue weighted by molar-refractivity contribution is 0.0978. The maximum Gasteiger partial charge on any atom is 0.336 e. The molecule has 3 nitrogen and oxygen atoms in total. The standard InChI is InChI=1S/C17H18O3/c1-13-11-15(12-17(19)20-13)16(18)10-6-5-9-14-7-3-2-4-8-14/h2-4,7-8,11-12H,5-6,9-10H2,1H3. The maximum atomic E-state index is 12.0. The van der Waals surface area contributed by atoms with E-state index in [1.165, 1.54) is 11.6 Å². The molecule has 0 atom stereocenters. The Kier molecular flexibility index (Phi) is 4.88. The number of ketones is 1. The Morgan fingerprint density at radius 3 is 2.55 bits per heavy atom. The van der Waals surface area contributed by atoms with E-state index in [4.69, 9.17) is 4.42 Å². The molecular weight excluding hydrogens is 252 g/mol. The van der Waals surface area contributed by atoms with Gasteiger partial charge in [0.1, 0.15) is 5.76 Å². The third-order valence-electron chi connectivity index (χ3n) is 3.18. The highest BCUT2D eigenvalue weighted by molar-refractivity contribution is 5.95. The molecule has 0 saturated heterocycles. The first-order valence-electron chi connectivity index (χ1n) is 6.84. The Morgan fingerprint density at radius 2 is 1.85 bits per heavy atom. The summed E-state index contributed by atoms with van der Waals surface area (Å²) < 4.78 is 4.84. The fourth-order valence-corrected chi connectivity index (χ4v) is 2.17. The molecule has 0 aliphatic heterocycles. The van der Waals surface area contributed by atoms with Gasteiger partial charge >= 0.3 is 5.63 Å². The summed E-state index contributed by atoms with van der Waals surface area (Å²) in [4.78, 5) is 23.2. The number of rotatable bonds is 6. The molecule has 0 aliphatic rings. The molecule has 1 aromatic carbocycles. The van der Waals surface area contributed by atoms with Crippen LogP contribution in [0.3, 0.4) is 0 Å². The third kappa shape index (κ3) is 4.19. The largest absolute Gasteiger partial charge is 0.428 e. The Balaban J connectivity index is 1.82. The lowest BCUT2D eigenvalue weighted by Gasteiger charge is -2.02. The minimum Gasteiger partial charge on any atom is -0.428 e. The highest BCUT2D eigenvalue weighted by atomic mass is 16.4. The molecule has 0 radical (unpaired) electrons. The molecule has 104 valence electrons. The van der Waals surface area contributed by atoms with Crippen molar-refractivity contribution in [3.8, 4) is 0 Å². The van der Waals surface area contributed by atoms with Crippen LogP contribution in [0.4, 0.5) is 0 Å². The Hall–Kier alpha value is -2.16. The Labute approximate surface area is 118 Å². The number of Topliss-reactive ketones (excluding diaryl/α,β-unsaturated/α-hetero) is 1. The minimum absolute atomic E-state index is 0.00839. The van der Waals surface area contributed by atoms with Crippen molar-refractivity contribution >= 4 is 5.78 Å². The summed E-state index contributed by atoms with van der Waals surface area (Å²) in [5.41, 5.74) is 1.28. The highest BCUT2D eigenvalue weighted by Gasteiger charge is 2.08. The fraction of sp³-hybridized carbons (Fsp3) is 0.294. The zero-order chi connectivity index (χ0) is 14.4. The molecule has 0 aliphatic carbocycles. The SMILES string of the molecule is Cc1cc(C(=O)CCCCc2ccccc2)cc(=O)o1. The summed E-state index contributed by atoms with van der Waals surface area (Å²) in [7, 11) is 0. The van der Waals surface area contributed by atoms with Crippen molar-refractivity contribution in [3.05, 3.63) is 69.8 Å². The van der Waals surface area contributed by atoms with Crippen LogP contribution in [0.15, 0.2) is 51.7 Å². The van der Waals surface area contributed by atoms with Crippen molar-refractivity contribution in [2.75, 3.05) is 0 Å². The summed E-state index contributed by atoms with van der Waals surface area (Å²) in [5, 5.41) is 0. The van der Waals surface area contributed by atoms with Crippen molar-refractivity contribution < 1.29 is 9.21 Å². The molecule has 20 heavy (non-hydrogen) atoms. The second-order valence-electron chi connectivity index (χ2n) is 4.89. The summed E-state index contributed by atoms with van der Waals surface area (Å²) in [5.74, 6) is 0.485. The predicted octanol–water partition coefficient (Wildman–Crippen LogP) is 3.54. The van der Waals surface area contributed by atoms with E-state index >= 15 is 0 Å². The molecule has 0 unspecified atom stereocenters. The first-order chi connectivity index (χ1) is 9.65. The molecule has 0 amide bonds. The van der Waals surface area contributed by atoms with Gasteiger partial charge in [-0.3, -0.25) is 4.79 Å². The molecule has 0 fully saturated rings. The summed E-state index contributed by atoms with van der Waals surface area (Å²) in [6.45, 7) is 1.67. The summed E-state index contributed by atoms with van der Waals surface area (Å²) >= 11 is 0. The maximum absolute atomic E-state index is 12.0. The van der Waals surface area contributed by atoms with Crippen molar-refractivity contribution in [2.45, 2.75) is 32.6 Å². The molecule has 0 spiro atoms. The van der Waals surface area contributed by atoms with Crippen LogP contribution in [-0.4, -0.2) is 5.78 Å². The quantitative estimate of drug-likeness (QED) is 0.595. The number of carbonyl (C=O) groups excluding carboxylic acids is 1. The predicted molar refractivity (Wildman–Crippen MR) is 78.0 cm³/mol. The van der Waals surface area contributed by atoms with Crippen molar-refractivity contribution in [3.63, 3.8) is 0 Å². The minimum atomic E-state index is -0.461. The van der Waals surface area contributed by atoms with Gasteiger partial charge in [0.15, 0.2) is 5.78 Å². The van der Waals surface area contributed by atoms with Gasteiger partial charge in [0.2, 0.25) is 0 Å². The van der Waals surface area contributed by atoms with Crippen LogP contribution in [0, 0.1) is 6.92 Å². The van der Waals surface area contributed by atoms with Crippen LogP contribution in [0.5, 0.6) is 0 Å². The molecule has 0 bridgehead atoms. The number of unbranched alkanes of at least 4 members (excludes halogenated alkanes) is 1. The third-order valence-corrected chi connectivity index (χ3v) is 3.18. The van der Waals surface area contributed by atoms with Gasteiger partial charge in [0.25, 0.3) is 0 Å². The first kappa shape index (κ1) is 14.3. The lowest BCUT2D eigenvalue weighted by Crippen LogP contribution is -2.06. The second-order valence-corrected chi connectivity index (χ2v) is 4.89. The van der Waals surface area contributed by atoms with Crippen molar-refractivity contribution in [1.29, 1.82) is 0 Å². The zero-order valence-electron chi connectivity index (χ0n) is 11.6. The van der Waals surface area contributed by atoms with Crippen LogP contribution in [0.25, 0.3) is 0 Å². The number of hydrogen-bond donors (Lipinski definition) is 0. The van der Waals surface area contributed by atoms with E-state index in [2.05, 4.69) is 12.1 Å². The Bertz CT molecular complexity index is 626. The van der Waals surface area contributed by atoms with E-state index in [-0.39, 0.29) is 5.78 Å². The van der Waals surface area contributed by atoms with E-state index in [1.807, 2.05) is 18.2 Å². The van der Waals surface area contributed by atoms with E-state index < -0.39 is 5.63 Å². The van der Waals surface area contributed by atoms with E-state index in [9.17, 15) is 9.59 Å². The normalized spacial score (nSPS) is 10.4. The lowest BCUT2D eigenvalue weighted by atomic mass is 10.0. The number of aryl methyl sites for hydroxylation is 2. The Morgan fingerprint density at radius 1 is 1.10 bits per heavy atom. The van der Waals surface area contributed by atoms with Crippen molar-refractivity contribution in [2.24, 2.45) is 0 Å². The van der Waals surface area contributed by atoms with Gasteiger partial charge in [0.05, 0.1) is 0 Å².